The van der Waals surface area contributed by atoms with Gasteiger partial charge in [0.25, 0.3) is 5.91 Å². The van der Waals surface area contributed by atoms with E-state index in [4.69, 9.17) is 5.26 Å². The molecule has 1 amide bonds. The Balaban J connectivity index is 1.76. The van der Waals surface area contributed by atoms with Crippen molar-refractivity contribution in [1.29, 1.82) is 5.26 Å². The van der Waals surface area contributed by atoms with Crippen LogP contribution in [0.4, 0.5) is 17.3 Å². The number of anilines is 3. The Morgan fingerprint density at radius 2 is 1.59 bits per heavy atom. The second-order valence-corrected chi connectivity index (χ2v) is 7.81. The highest BCUT2D eigenvalue weighted by Gasteiger charge is 2.14. The van der Waals surface area contributed by atoms with Crippen LogP contribution in [0.1, 0.15) is 48.1 Å². The maximum absolute atomic E-state index is 12.6. The number of nitriles is 1. The molecule has 0 saturated heterocycles. The van der Waals surface area contributed by atoms with Gasteiger partial charge in [-0.15, -0.1) is 0 Å². The van der Waals surface area contributed by atoms with Gasteiger partial charge < -0.3 is 10.6 Å². The first-order chi connectivity index (χ1) is 13.7. The predicted molar refractivity (Wildman–Crippen MR) is 114 cm³/mol. The van der Waals surface area contributed by atoms with Crippen molar-refractivity contribution in [3.05, 3.63) is 77.1 Å². The summed E-state index contributed by atoms with van der Waals surface area (Å²) in [6.45, 7) is 8.31. The normalized spacial score (nSPS) is 10.9. The zero-order valence-electron chi connectivity index (χ0n) is 16.9. The van der Waals surface area contributed by atoms with Crippen molar-refractivity contribution in [2.75, 3.05) is 10.6 Å². The van der Waals surface area contributed by atoms with Crippen molar-refractivity contribution in [2.24, 2.45) is 0 Å². The highest BCUT2D eigenvalue weighted by molar-refractivity contribution is 6.03. The summed E-state index contributed by atoms with van der Waals surface area (Å²) in [6.07, 6.45) is 0. The van der Waals surface area contributed by atoms with Gasteiger partial charge >= 0.3 is 0 Å². The molecule has 0 aliphatic carbocycles. The number of hydrogen-bond acceptors (Lipinski definition) is 5. The van der Waals surface area contributed by atoms with Gasteiger partial charge in [0.05, 0.1) is 11.6 Å². The summed E-state index contributed by atoms with van der Waals surface area (Å²) < 4.78 is 0. The number of hydrogen-bond donors (Lipinski definition) is 2. The third-order valence-electron chi connectivity index (χ3n) is 4.37. The van der Waals surface area contributed by atoms with Gasteiger partial charge in [-0.2, -0.15) is 5.26 Å². The first-order valence-electron chi connectivity index (χ1n) is 9.29. The Morgan fingerprint density at radius 3 is 2.17 bits per heavy atom. The maximum Gasteiger partial charge on any atom is 0.274 e. The molecule has 146 valence electrons. The van der Waals surface area contributed by atoms with Gasteiger partial charge in [0.2, 0.25) is 5.95 Å². The van der Waals surface area contributed by atoms with E-state index in [0.29, 0.717) is 22.9 Å². The van der Waals surface area contributed by atoms with E-state index in [1.165, 1.54) is 5.56 Å². The summed E-state index contributed by atoms with van der Waals surface area (Å²) >= 11 is 0. The number of carbonyl (C=O) groups excluding carboxylic acids is 1. The topological polar surface area (TPSA) is 90.7 Å². The SMILES string of the molecule is Cc1cc(C(=O)Nc2ccc(C#N)cc2)nc(Nc2ccc(C(C)(C)C)cc2)n1. The molecule has 0 bridgehead atoms. The van der Waals surface area contributed by atoms with Gasteiger partial charge in [-0.25, -0.2) is 9.97 Å². The fourth-order valence-electron chi connectivity index (χ4n) is 2.75. The monoisotopic (exact) mass is 385 g/mol. The second-order valence-electron chi connectivity index (χ2n) is 7.81. The minimum absolute atomic E-state index is 0.0784. The lowest BCUT2D eigenvalue weighted by Gasteiger charge is -2.19. The number of rotatable bonds is 4. The van der Waals surface area contributed by atoms with E-state index in [2.05, 4.69) is 53.5 Å². The molecule has 6 heteroatoms. The number of carbonyl (C=O) groups is 1. The van der Waals surface area contributed by atoms with Crippen molar-refractivity contribution in [3.63, 3.8) is 0 Å². The van der Waals surface area contributed by atoms with E-state index in [9.17, 15) is 4.79 Å². The van der Waals surface area contributed by atoms with Crippen LogP contribution < -0.4 is 10.6 Å². The molecular formula is C23H23N5O. The molecule has 0 spiro atoms. The average Bonchev–Trinajstić information content (AvgIpc) is 2.68. The number of aromatic nitrogens is 2. The molecule has 3 rings (SSSR count). The Bertz CT molecular complexity index is 1060. The predicted octanol–water partition coefficient (Wildman–Crippen LogP) is 4.95. The Morgan fingerprint density at radius 1 is 0.966 bits per heavy atom. The van der Waals surface area contributed by atoms with Crippen LogP contribution in [0.15, 0.2) is 54.6 Å². The van der Waals surface area contributed by atoms with Crippen molar-refractivity contribution in [2.45, 2.75) is 33.1 Å². The van der Waals surface area contributed by atoms with Crippen LogP contribution in [0.5, 0.6) is 0 Å². The third kappa shape index (κ3) is 5.17. The quantitative estimate of drug-likeness (QED) is 0.663. The summed E-state index contributed by atoms with van der Waals surface area (Å²) in [4.78, 5) is 21.3. The van der Waals surface area contributed by atoms with Crippen LogP contribution >= 0.6 is 0 Å². The number of aryl methyl sites for hydroxylation is 1. The van der Waals surface area contributed by atoms with E-state index in [-0.39, 0.29) is 17.0 Å². The lowest BCUT2D eigenvalue weighted by atomic mass is 9.87. The molecule has 29 heavy (non-hydrogen) atoms. The van der Waals surface area contributed by atoms with Crippen LogP contribution in [0.3, 0.4) is 0 Å². The van der Waals surface area contributed by atoms with E-state index in [0.717, 1.165) is 5.69 Å². The molecule has 0 atom stereocenters. The fraction of sp³-hybridized carbons (Fsp3) is 0.217. The van der Waals surface area contributed by atoms with Crippen molar-refractivity contribution >= 4 is 23.2 Å². The number of nitrogens with zero attached hydrogens (tertiary/aromatic N) is 3. The van der Waals surface area contributed by atoms with Gasteiger partial charge in [-0.1, -0.05) is 32.9 Å². The van der Waals surface area contributed by atoms with Gasteiger partial charge in [-0.05, 0) is 60.4 Å². The molecule has 2 N–H and O–H groups in total. The highest BCUT2D eigenvalue weighted by atomic mass is 16.1. The van der Waals surface area contributed by atoms with Crippen molar-refractivity contribution in [1.82, 2.24) is 9.97 Å². The molecule has 0 aliphatic rings. The summed E-state index contributed by atoms with van der Waals surface area (Å²) in [5, 5.41) is 14.8. The fourth-order valence-corrected chi connectivity index (χ4v) is 2.75. The Labute approximate surface area is 170 Å². The Hall–Kier alpha value is -3.72. The first kappa shape index (κ1) is 20.0. The summed E-state index contributed by atoms with van der Waals surface area (Å²) in [6, 6.07) is 18.4. The molecule has 1 aromatic heterocycles. The Kier molecular flexibility index (Phi) is 5.60. The van der Waals surface area contributed by atoms with Crippen LogP contribution in [0.2, 0.25) is 0 Å². The van der Waals surface area contributed by atoms with Crippen LogP contribution in [-0.4, -0.2) is 15.9 Å². The van der Waals surface area contributed by atoms with Crippen molar-refractivity contribution in [3.8, 4) is 6.07 Å². The molecule has 0 saturated carbocycles. The molecule has 0 fully saturated rings. The summed E-state index contributed by atoms with van der Waals surface area (Å²) in [5.74, 6) is 0.0184. The average molecular weight is 385 g/mol. The van der Waals surface area contributed by atoms with E-state index >= 15 is 0 Å². The molecule has 0 aliphatic heterocycles. The van der Waals surface area contributed by atoms with E-state index in [1.807, 2.05) is 25.1 Å². The number of amides is 1. The van der Waals surface area contributed by atoms with Crippen LogP contribution in [-0.2, 0) is 5.41 Å². The minimum Gasteiger partial charge on any atom is -0.324 e. The second kappa shape index (κ2) is 8.11. The molecule has 0 radical (unpaired) electrons. The van der Waals surface area contributed by atoms with Gasteiger partial charge in [0.15, 0.2) is 0 Å². The lowest BCUT2D eigenvalue weighted by molar-refractivity contribution is 0.102. The summed E-state index contributed by atoms with van der Waals surface area (Å²) in [7, 11) is 0. The van der Waals surface area contributed by atoms with E-state index in [1.54, 1.807) is 30.3 Å². The zero-order chi connectivity index (χ0) is 21.0. The molecular weight excluding hydrogens is 362 g/mol. The number of nitrogens with one attached hydrogen (secondary N) is 2. The lowest BCUT2D eigenvalue weighted by Crippen LogP contribution is -2.15. The van der Waals surface area contributed by atoms with E-state index < -0.39 is 0 Å². The first-order valence-corrected chi connectivity index (χ1v) is 9.29. The number of benzene rings is 2. The van der Waals surface area contributed by atoms with Crippen molar-refractivity contribution < 1.29 is 4.79 Å². The smallest absolute Gasteiger partial charge is 0.274 e. The molecule has 6 nitrogen and oxygen atoms in total. The highest BCUT2D eigenvalue weighted by Crippen LogP contribution is 2.24. The third-order valence-corrected chi connectivity index (χ3v) is 4.37. The zero-order valence-corrected chi connectivity index (χ0v) is 16.9. The molecule has 3 aromatic rings. The van der Waals surface area contributed by atoms with Gasteiger partial charge in [0.1, 0.15) is 5.69 Å². The minimum atomic E-state index is -0.341. The van der Waals surface area contributed by atoms with Crippen LogP contribution in [0.25, 0.3) is 0 Å². The standard InChI is InChI=1S/C23H23N5O/c1-15-13-20(21(29)26-18-9-5-16(14-24)6-10-18)28-22(25-15)27-19-11-7-17(8-12-19)23(2,3)4/h5-13H,1-4H3,(H,26,29)(H,25,27,28). The van der Waals surface area contributed by atoms with Crippen LogP contribution in [0, 0.1) is 18.3 Å². The van der Waals surface area contributed by atoms with Gasteiger partial charge in [0, 0.05) is 17.1 Å². The maximum atomic E-state index is 12.6. The largest absolute Gasteiger partial charge is 0.324 e. The molecule has 1 heterocycles. The molecule has 0 unspecified atom stereocenters. The van der Waals surface area contributed by atoms with Gasteiger partial charge in [-0.3, -0.25) is 4.79 Å². The summed E-state index contributed by atoms with van der Waals surface area (Å²) in [5.41, 5.74) is 4.23. The molecule has 2 aromatic carbocycles.